The first-order valence-electron chi connectivity index (χ1n) is 11.1. The standard InChI is InChI=1S/C26H29ClN2O4/c1-18-25(20-8-4-2-5-9-20)33-24(31)11-7-3-6-10-21(26(32)29-18)16-23(30)28-17-19-12-14-22(27)15-13-19/h2-6,8-9,12-15,18,21,25H,7,10-11,16-17H2,1H3,(H,28,30)(H,29,32)/b6-3-/t18-,21-,25-/m0/s1. The van der Waals surface area contributed by atoms with E-state index in [4.69, 9.17) is 16.3 Å². The zero-order valence-corrected chi connectivity index (χ0v) is 19.4. The van der Waals surface area contributed by atoms with Gasteiger partial charge >= 0.3 is 5.97 Å². The molecule has 0 bridgehead atoms. The molecule has 2 aromatic carbocycles. The molecule has 0 fully saturated rings. The second-order valence-corrected chi connectivity index (χ2v) is 8.60. The monoisotopic (exact) mass is 468 g/mol. The molecular formula is C26H29ClN2O4. The second kappa shape index (κ2) is 12.2. The number of allylic oxidation sites excluding steroid dienone is 2. The van der Waals surface area contributed by atoms with Gasteiger partial charge in [0.1, 0.15) is 6.10 Å². The van der Waals surface area contributed by atoms with E-state index in [1.807, 2.05) is 61.5 Å². The van der Waals surface area contributed by atoms with Gasteiger partial charge in [-0.1, -0.05) is 66.2 Å². The molecular weight excluding hydrogens is 440 g/mol. The van der Waals surface area contributed by atoms with E-state index >= 15 is 0 Å². The molecule has 7 heteroatoms. The largest absolute Gasteiger partial charge is 0.455 e. The predicted molar refractivity (Wildman–Crippen MR) is 127 cm³/mol. The van der Waals surface area contributed by atoms with Crippen molar-refractivity contribution in [3.8, 4) is 0 Å². The van der Waals surface area contributed by atoms with Crippen molar-refractivity contribution in [1.29, 1.82) is 0 Å². The highest BCUT2D eigenvalue weighted by atomic mass is 35.5. The number of carbonyl (C=O) groups is 3. The summed E-state index contributed by atoms with van der Waals surface area (Å²) in [5.41, 5.74) is 1.74. The van der Waals surface area contributed by atoms with Crippen molar-refractivity contribution in [2.75, 3.05) is 0 Å². The van der Waals surface area contributed by atoms with Crippen LogP contribution in [0.15, 0.2) is 66.7 Å². The topological polar surface area (TPSA) is 84.5 Å². The molecule has 1 aliphatic heterocycles. The summed E-state index contributed by atoms with van der Waals surface area (Å²) >= 11 is 5.90. The normalized spacial score (nSPS) is 22.8. The molecule has 0 spiro atoms. The fourth-order valence-electron chi connectivity index (χ4n) is 3.68. The van der Waals surface area contributed by atoms with Gasteiger partial charge in [0, 0.05) is 24.4 Å². The Bertz CT molecular complexity index is 976. The van der Waals surface area contributed by atoms with Crippen LogP contribution in [-0.4, -0.2) is 23.8 Å². The zero-order valence-electron chi connectivity index (χ0n) is 18.6. The van der Waals surface area contributed by atoms with Gasteiger partial charge in [-0.15, -0.1) is 0 Å². The lowest BCUT2D eigenvalue weighted by atomic mass is 9.97. The Morgan fingerprint density at radius 2 is 1.82 bits per heavy atom. The molecule has 174 valence electrons. The fraction of sp³-hybridized carbons (Fsp3) is 0.346. The summed E-state index contributed by atoms with van der Waals surface area (Å²) in [5, 5.41) is 6.46. The summed E-state index contributed by atoms with van der Waals surface area (Å²) in [6.45, 7) is 2.17. The molecule has 0 unspecified atom stereocenters. The van der Waals surface area contributed by atoms with E-state index in [-0.39, 0.29) is 30.6 Å². The highest BCUT2D eigenvalue weighted by Crippen LogP contribution is 2.24. The van der Waals surface area contributed by atoms with E-state index < -0.39 is 18.1 Å². The Balaban J connectivity index is 1.68. The van der Waals surface area contributed by atoms with E-state index in [0.29, 0.717) is 24.4 Å². The van der Waals surface area contributed by atoms with E-state index in [2.05, 4.69) is 10.6 Å². The van der Waals surface area contributed by atoms with Gasteiger partial charge in [0.25, 0.3) is 0 Å². The second-order valence-electron chi connectivity index (χ2n) is 8.17. The third-order valence-corrected chi connectivity index (χ3v) is 5.77. The average molecular weight is 469 g/mol. The van der Waals surface area contributed by atoms with Crippen LogP contribution >= 0.6 is 11.6 Å². The van der Waals surface area contributed by atoms with Crippen molar-refractivity contribution < 1.29 is 19.1 Å². The quantitative estimate of drug-likeness (QED) is 0.500. The molecule has 6 nitrogen and oxygen atoms in total. The Kier molecular flexibility index (Phi) is 9.07. The third-order valence-electron chi connectivity index (χ3n) is 5.52. The number of carbonyl (C=O) groups excluding carboxylic acids is 3. The van der Waals surface area contributed by atoms with Crippen molar-refractivity contribution >= 4 is 29.4 Å². The smallest absolute Gasteiger partial charge is 0.306 e. The fourth-order valence-corrected chi connectivity index (χ4v) is 3.81. The van der Waals surface area contributed by atoms with Gasteiger partial charge in [-0.3, -0.25) is 14.4 Å². The summed E-state index contributed by atoms with van der Waals surface area (Å²) in [4.78, 5) is 37.9. The molecule has 0 saturated carbocycles. The van der Waals surface area contributed by atoms with Crippen LogP contribution in [0, 0.1) is 5.92 Å². The molecule has 0 radical (unpaired) electrons. The molecule has 0 aromatic heterocycles. The van der Waals surface area contributed by atoms with Gasteiger partial charge < -0.3 is 15.4 Å². The minimum Gasteiger partial charge on any atom is -0.455 e. The number of benzene rings is 2. The predicted octanol–water partition coefficient (Wildman–Crippen LogP) is 4.49. The molecule has 1 aliphatic rings. The van der Waals surface area contributed by atoms with Crippen LogP contribution in [0.3, 0.4) is 0 Å². The zero-order chi connectivity index (χ0) is 23.6. The van der Waals surface area contributed by atoms with Crippen LogP contribution in [0.4, 0.5) is 0 Å². The third kappa shape index (κ3) is 7.75. The van der Waals surface area contributed by atoms with Gasteiger partial charge in [-0.05, 0) is 43.0 Å². The van der Waals surface area contributed by atoms with Crippen LogP contribution in [0.25, 0.3) is 0 Å². The van der Waals surface area contributed by atoms with Crippen molar-refractivity contribution in [2.24, 2.45) is 5.92 Å². The summed E-state index contributed by atoms with van der Waals surface area (Å²) in [6.07, 6.45) is 4.36. The number of rotatable bonds is 5. The molecule has 1 heterocycles. The number of hydrogen-bond acceptors (Lipinski definition) is 4. The van der Waals surface area contributed by atoms with Crippen molar-refractivity contribution in [3.05, 3.63) is 82.9 Å². The highest BCUT2D eigenvalue weighted by molar-refractivity contribution is 6.30. The van der Waals surface area contributed by atoms with Crippen molar-refractivity contribution in [2.45, 2.75) is 51.3 Å². The Morgan fingerprint density at radius 3 is 2.55 bits per heavy atom. The molecule has 0 saturated heterocycles. The SMILES string of the molecule is C[C@@H]1NC(=O)[C@H](CC(=O)NCc2ccc(Cl)cc2)C/C=C\CCC(=O)O[C@@H]1c1ccccc1. The first kappa shape index (κ1) is 24.5. The molecule has 0 aliphatic carbocycles. The van der Waals surface area contributed by atoms with E-state index in [1.54, 1.807) is 12.1 Å². The maximum absolute atomic E-state index is 13.1. The summed E-state index contributed by atoms with van der Waals surface area (Å²) < 4.78 is 5.71. The summed E-state index contributed by atoms with van der Waals surface area (Å²) in [5.74, 6) is -1.29. The molecule has 2 N–H and O–H groups in total. The van der Waals surface area contributed by atoms with E-state index in [1.165, 1.54) is 0 Å². The van der Waals surface area contributed by atoms with Gasteiger partial charge in [0.05, 0.1) is 12.0 Å². The Morgan fingerprint density at radius 1 is 1.09 bits per heavy atom. The van der Waals surface area contributed by atoms with E-state index in [9.17, 15) is 14.4 Å². The van der Waals surface area contributed by atoms with Gasteiger partial charge in [-0.2, -0.15) is 0 Å². The first-order chi connectivity index (χ1) is 15.9. The minimum absolute atomic E-state index is 0.0618. The average Bonchev–Trinajstić information content (AvgIpc) is 2.81. The Hall–Kier alpha value is -3.12. The number of ether oxygens (including phenoxy) is 1. The van der Waals surface area contributed by atoms with Crippen LogP contribution < -0.4 is 10.6 Å². The number of halogens is 1. The number of cyclic esters (lactones) is 1. The van der Waals surface area contributed by atoms with Crippen LogP contribution in [0.5, 0.6) is 0 Å². The van der Waals surface area contributed by atoms with Gasteiger partial charge in [0.15, 0.2) is 0 Å². The Labute approximate surface area is 199 Å². The van der Waals surface area contributed by atoms with Gasteiger partial charge in [0.2, 0.25) is 11.8 Å². The lowest BCUT2D eigenvalue weighted by Gasteiger charge is -2.27. The highest BCUT2D eigenvalue weighted by Gasteiger charge is 2.28. The first-order valence-corrected chi connectivity index (χ1v) is 11.5. The molecule has 3 atom stereocenters. The molecule has 3 rings (SSSR count). The lowest BCUT2D eigenvalue weighted by molar-refractivity contribution is -0.152. The number of nitrogens with one attached hydrogen (secondary N) is 2. The molecule has 2 aromatic rings. The van der Waals surface area contributed by atoms with Crippen LogP contribution in [0.2, 0.25) is 5.02 Å². The number of amides is 2. The molecule has 33 heavy (non-hydrogen) atoms. The van der Waals surface area contributed by atoms with Crippen LogP contribution in [-0.2, 0) is 25.7 Å². The molecule has 2 amide bonds. The summed E-state index contributed by atoms with van der Waals surface area (Å²) in [7, 11) is 0. The van der Waals surface area contributed by atoms with E-state index in [0.717, 1.165) is 11.1 Å². The van der Waals surface area contributed by atoms with Crippen LogP contribution in [0.1, 0.15) is 49.8 Å². The number of hydrogen-bond donors (Lipinski definition) is 2. The maximum Gasteiger partial charge on any atom is 0.306 e. The van der Waals surface area contributed by atoms with Crippen molar-refractivity contribution in [1.82, 2.24) is 10.6 Å². The number of esters is 1. The van der Waals surface area contributed by atoms with Crippen molar-refractivity contribution in [3.63, 3.8) is 0 Å². The summed E-state index contributed by atoms with van der Waals surface area (Å²) in [6, 6.07) is 16.1. The maximum atomic E-state index is 13.1. The minimum atomic E-state index is -0.606. The van der Waals surface area contributed by atoms with Gasteiger partial charge in [-0.25, -0.2) is 0 Å². The lowest BCUT2D eigenvalue weighted by Crippen LogP contribution is -2.43.